The van der Waals surface area contributed by atoms with Crippen molar-refractivity contribution < 1.29 is 14.8 Å². The highest BCUT2D eigenvalue weighted by Crippen LogP contribution is 2.33. The molecule has 7 nitrogen and oxygen atoms in total. The van der Waals surface area contributed by atoms with E-state index in [9.17, 15) is 9.59 Å². The summed E-state index contributed by atoms with van der Waals surface area (Å²) in [6, 6.07) is -0.268. The van der Waals surface area contributed by atoms with E-state index < -0.39 is 11.4 Å². The van der Waals surface area contributed by atoms with Crippen LogP contribution in [0.2, 0.25) is 0 Å². The highest BCUT2D eigenvalue weighted by molar-refractivity contribution is 6.14. The van der Waals surface area contributed by atoms with Crippen LogP contribution in [0, 0.1) is 0 Å². The maximum atomic E-state index is 11.7. The number of piperidine rings is 1. The fourth-order valence-corrected chi connectivity index (χ4v) is 2.51. The van der Waals surface area contributed by atoms with Gasteiger partial charge >= 0.3 is 6.03 Å². The Morgan fingerprint density at radius 1 is 1.75 bits per heavy atom. The smallest absolute Gasteiger partial charge is 0.318 e. The number of rotatable bonds is 2. The lowest BCUT2D eigenvalue weighted by atomic mass is 9.82. The van der Waals surface area contributed by atoms with Crippen LogP contribution in [-0.4, -0.2) is 45.9 Å². The number of urea groups is 1. The minimum atomic E-state index is -1.27. The monoisotopic (exact) mass is 226 g/mol. The van der Waals surface area contributed by atoms with E-state index in [0.29, 0.717) is 19.4 Å². The number of primary amides is 1. The molecule has 4 N–H and O–H groups in total. The number of hydrogen-bond donors (Lipinski definition) is 3. The lowest BCUT2D eigenvalue weighted by Crippen LogP contribution is -2.64. The van der Waals surface area contributed by atoms with Gasteiger partial charge in [-0.15, -0.1) is 0 Å². The van der Waals surface area contributed by atoms with Crippen LogP contribution in [0.5, 0.6) is 0 Å². The van der Waals surface area contributed by atoms with E-state index in [4.69, 9.17) is 10.9 Å². The number of carbonyl (C=O) groups excluding carboxylic acids is 2. The maximum Gasteiger partial charge on any atom is 0.318 e. The minimum Gasteiger partial charge on any atom is -0.411 e. The quantitative estimate of drug-likeness (QED) is 0.327. The van der Waals surface area contributed by atoms with Gasteiger partial charge in [-0.25, -0.2) is 4.79 Å². The third kappa shape index (κ3) is 1.17. The average molecular weight is 226 g/mol. The number of oxime groups is 1. The number of nitrogens with zero attached hydrogens (tertiary/aromatic N) is 2. The topological polar surface area (TPSA) is 108 Å². The van der Waals surface area contributed by atoms with Crippen molar-refractivity contribution in [3.05, 3.63) is 0 Å². The Hall–Kier alpha value is -1.79. The molecule has 0 radical (unpaired) electrons. The summed E-state index contributed by atoms with van der Waals surface area (Å²) < 4.78 is 0. The first-order chi connectivity index (χ1) is 7.52. The Morgan fingerprint density at radius 2 is 2.44 bits per heavy atom. The van der Waals surface area contributed by atoms with Gasteiger partial charge in [-0.3, -0.25) is 4.79 Å². The van der Waals surface area contributed by atoms with E-state index >= 15 is 0 Å². The molecule has 2 saturated heterocycles. The number of nitrogens with two attached hydrogens (primary N) is 1. The second-order valence-corrected chi connectivity index (χ2v) is 4.21. The van der Waals surface area contributed by atoms with Crippen molar-refractivity contribution in [2.75, 3.05) is 6.54 Å². The Balaban J connectivity index is 2.47. The molecule has 2 fully saturated rings. The normalized spacial score (nSPS) is 33.8. The molecule has 0 spiro atoms. The van der Waals surface area contributed by atoms with Crippen LogP contribution in [0.1, 0.15) is 19.8 Å². The van der Waals surface area contributed by atoms with Crippen molar-refractivity contribution in [3.63, 3.8) is 0 Å². The Morgan fingerprint density at radius 3 is 3.00 bits per heavy atom. The molecule has 2 heterocycles. The van der Waals surface area contributed by atoms with Crippen molar-refractivity contribution in [3.8, 4) is 0 Å². The fraction of sp³-hybridized carbons (Fsp3) is 0.667. The van der Waals surface area contributed by atoms with Gasteiger partial charge in [0.05, 0.1) is 5.71 Å². The van der Waals surface area contributed by atoms with Crippen LogP contribution >= 0.6 is 0 Å². The molecule has 2 bridgehead atoms. The number of carbonyl (C=O) groups is 2. The zero-order valence-corrected chi connectivity index (χ0v) is 8.93. The van der Waals surface area contributed by atoms with Gasteiger partial charge in [-0.2, -0.15) is 0 Å². The van der Waals surface area contributed by atoms with Crippen LogP contribution in [-0.2, 0) is 4.79 Å². The SMILES string of the molecule is C/C(=N/O)C1(C(N)=O)CCC2CN1C(=O)N2. The molecular formula is C9H14N4O3. The average Bonchev–Trinajstić information content (AvgIpc) is 2.55. The molecule has 0 aromatic rings. The molecule has 0 aliphatic carbocycles. The van der Waals surface area contributed by atoms with Crippen LogP contribution in [0.25, 0.3) is 0 Å². The molecule has 2 rings (SSSR count). The first-order valence-corrected chi connectivity index (χ1v) is 5.09. The molecule has 7 heteroatoms. The molecule has 2 unspecified atom stereocenters. The van der Waals surface area contributed by atoms with E-state index in [1.165, 1.54) is 11.8 Å². The second-order valence-electron chi connectivity index (χ2n) is 4.21. The zero-order valence-electron chi connectivity index (χ0n) is 8.93. The molecule has 3 amide bonds. The Bertz CT molecular complexity index is 381. The van der Waals surface area contributed by atoms with E-state index in [0.717, 1.165) is 0 Å². The summed E-state index contributed by atoms with van der Waals surface area (Å²) in [6.07, 6.45) is 1.04. The summed E-state index contributed by atoms with van der Waals surface area (Å²) in [5.41, 5.74) is 4.26. The number of amides is 3. The van der Waals surface area contributed by atoms with E-state index in [-0.39, 0.29) is 17.8 Å². The molecule has 0 aromatic heterocycles. The van der Waals surface area contributed by atoms with Gasteiger partial charge in [-0.1, -0.05) is 5.16 Å². The molecule has 0 saturated carbocycles. The molecular weight excluding hydrogens is 212 g/mol. The summed E-state index contributed by atoms with van der Waals surface area (Å²) in [5.74, 6) is -0.654. The summed E-state index contributed by atoms with van der Waals surface area (Å²) >= 11 is 0. The second kappa shape index (κ2) is 3.36. The molecule has 0 aromatic carbocycles. The fourth-order valence-electron chi connectivity index (χ4n) is 2.51. The Labute approximate surface area is 92.3 Å². The van der Waals surface area contributed by atoms with Crippen molar-refractivity contribution in [2.24, 2.45) is 10.9 Å². The van der Waals surface area contributed by atoms with Gasteiger partial charge in [0.25, 0.3) is 0 Å². The lowest BCUT2D eigenvalue weighted by molar-refractivity contribution is -0.125. The number of hydrogen-bond acceptors (Lipinski definition) is 4. The van der Waals surface area contributed by atoms with Gasteiger partial charge in [0.1, 0.15) is 0 Å². The predicted molar refractivity (Wildman–Crippen MR) is 55.1 cm³/mol. The zero-order chi connectivity index (χ0) is 11.9. The van der Waals surface area contributed by atoms with Gasteiger partial charge in [0.15, 0.2) is 5.54 Å². The largest absolute Gasteiger partial charge is 0.411 e. The minimum absolute atomic E-state index is 0.0615. The van der Waals surface area contributed by atoms with Gasteiger partial charge in [-0.05, 0) is 19.8 Å². The summed E-state index contributed by atoms with van der Waals surface area (Å²) in [5, 5.41) is 14.6. The van der Waals surface area contributed by atoms with E-state index in [1.807, 2.05) is 0 Å². The van der Waals surface area contributed by atoms with Crippen LogP contribution in [0.3, 0.4) is 0 Å². The van der Waals surface area contributed by atoms with Crippen molar-refractivity contribution in [2.45, 2.75) is 31.3 Å². The number of nitrogens with one attached hydrogen (secondary N) is 1. The van der Waals surface area contributed by atoms with Crippen LogP contribution in [0.15, 0.2) is 5.16 Å². The maximum absolute atomic E-state index is 11.7. The number of fused-ring (bicyclic) bond motifs is 2. The van der Waals surface area contributed by atoms with E-state index in [1.54, 1.807) is 0 Å². The highest BCUT2D eigenvalue weighted by Gasteiger charge is 2.55. The summed E-state index contributed by atoms with van der Waals surface area (Å²) in [7, 11) is 0. The summed E-state index contributed by atoms with van der Waals surface area (Å²) in [6.45, 7) is 1.92. The van der Waals surface area contributed by atoms with Crippen LogP contribution < -0.4 is 11.1 Å². The standard InChI is InChI=1S/C9H14N4O3/c1-5(12-16)9(7(10)14)3-2-6-4-13(9)8(15)11-6/h6,16H,2-4H2,1H3,(H2,10,14)(H,11,15)/b12-5-. The first kappa shape index (κ1) is 10.7. The lowest BCUT2D eigenvalue weighted by Gasteiger charge is -2.40. The summed E-state index contributed by atoms with van der Waals surface area (Å²) in [4.78, 5) is 24.6. The third-order valence-corrected chi connectivity index (χ3v) is 3.45. The van der Waals surface area contributed by atoms with Crippen molar-refractivity contribution in [1.82, 2.24) is 10.2 Å². The van der Waals surface area contributed by atoms with Gasteiger partial charge in [0, 0.05) is 12.6 Å². The van der Waals surface area contributed by atoms with Crippen molar-refractivity contribution in [1.29, 1.82) is 0 Å². The molecule has 2 aliphatic heterocycles. The molecule has 2 aliphatic rings. The molecule has 88 valence electrons. The predicted octanol–water partition coefficient (Wildman–Crippen LogP) is -0.752. The van der Waals surface area contributed by atoms with Crippen LogP contribution in [0.4, 0.5) is 4.79 Å². The third-order valence-electron chi connectivity index (χ3n) is 3.45. The van der Waals surface area contributed by atoms with Gasteiger partial charge in [0.2, 0.25) is 5.91 Å². The highest BCUT2D eigenvalue weighted by atomic mass is 16.4. The van der Waals surface area contributed by atoms with E-state index in [2.05, 4.69) is 10.5 Å². The molecule has 16 heavy (non-hydrogen) atoms. The first-order valence-electron chi connectivity index (χ1n) is 5.09. The Kier molecular flexibility index (Phi) is 2.25. The van der Waals surface area contributed by atoms with Crippen molar-refractivity contribution >= 4 is 17.6 Å². The van der Waals surface area contributed by atoms with Gasteiger partial charge < -0.3 is 21.2 Å². The molecule has 2 atom stereocenters.